The van der Waals surface area contributed by atoms with Crippen LogP contribution < -0.4 is 0 Å². The van der Waals surface area contributed by atoms with Gasteiger partial charge in [0.25, 0.3) is 11.8 Å². The summed E-state index contributed by atoms with van der Waals surface area (Å²) in [5, 5.41) is 0.626. The monoisotopic (exact) mass is 299 g/mol. The summed E-state index contributed by atoms with van der Waals surface area (Å²) in [7, 11) is 0. The summed E-state index contributed by atoms with van der Waals surface area (Å²) >= 11 is 0. The Morgan fingerprint density at radius 1 is 1.09 bits per heavy atom. The van der Waals surface area contributed by atoms with Gasteiger partial charge in [-0.25, -0.2) is 4.79 Å². The zero-order valence-corrected chi connectivity index (χ0v) is 12.2. The van der Waals surface area contributed by atoms with Crippen LogP contribution in [0.1, 0.15) is 59.2 Å². The van der Waals surface area contributed by atoms with Crippen LogP contribution in [-0.2, 0) is 9.63 Å². The second-order valence-corrected chi connectivity index (χ2v) is 6.65. The predicted molar refractivity (Wildman–Crippen MR) is 76.7 cm³/mol. The van der Waals surface area contributed by atoms with Crippen LogP contribution in [0.15, 0.2) is 24.3 Å². The van der Waals surface area contributed by atoms with Crippen LogP contribution in [0, 0.1) is 11.3 Å². The van der Waals surface area contributed by atoms with Crippen molar-refractivity contribution >= 4 is 17.8 Å². The minimum Gasteiger partial charge on any atom is -0.329 e. The first-order valence-electron chi connectivity index (χ1n) is 7.79. The molecule has 5 heteroatoms. The van der Waals surface area contributed by atoms with Gasteiger partial charge in [-0.1, -0.05) is 23.6 Å². The van der Waals surface area contributed by atoms with Crippen molar-refractivity contribution in [3.05, 3.63) is 35.4 Å². The van der Waals surface area contributed by atoms with E-state index < -0.39 is 17.8 Å². The quantitative estimate of drug-likeness (QED) is 0.788. The van der Waals surface area contributed by atoms with E-state index in [0.717, 1.165) is 19.3 Å². The highest BCUT2D eigenvalue weighted by Crippen LogP contribution is 2.57. The van der Waals surface area contributed by atoms with Crippen LogP contribution in [0.25, 0.3) is 0 Å². The molecule has 0 saturated heterocycles. The first kappa shape index (κ1) is 13.5. The standard InChI is InChI=1S/C17H17NO4/c19-14-12-5-1-2-6-13(12)15(20)18(14)22-16(21)11-4-3-7-17(10-11)8-9-17/h1-2,5-6,11H,3-4,7-10H2. The van der Waals surface area contributed by atoms with Crippen molar-refractivity contribution in [1.29, 1.82) is 0 Å². The molecule has 1 atom stereocenters. The number of nitrogens with zero attached hydrogens (tertiary/aromatic N) is 1. The van der Waals surface area contributed by atoms with Gasteiger partial charge in [-0.3, -0.25) is 9.59 Å². The van der Waals surface area contributed by atoms with Crippen molar-refractivity contribution in [2.24, 2.45) is 11.3 Å². The number of hydroxylamine groups is 2. The lowest BCUT2D eigenvalue weighted by Crippen LogP contribution is -2.36. The van der Waals surface area contributed by atoms with Gasteiger partial charge in [0.1, 0.15) is 0 Å². The number of fused-ring (bicyclic) bond motifs is 1. The Morgan fingerprint density at radius 2 is 1.73 bits per heavy atom. The normalized spacial score (nSPS) is 25.3. The summed E-state index contributed by atoms with van der Waals surface area (Å²) in [6, 6.07) is 6.52. The third kappa shape index (κ3) is 2.03. The molecule has 2 fully saturated rings. The zero-order valence-electron chi connectivity index (χ0n) is 12.2. The van der Waals surface area contributed by atoms with E-state index in [9.17, 15) is 14.4 Å². The number of benzene rings is 1. The van der Waals surface area contributed by atoms with Gasteiger partial charge in [-0.05, 0) is 49.7 Å². The fraction of sp³-hybridized carbons (Fsp3) is 0.471. The highest BCUT2D eigenvalue weighted by Gasteiger charge is 2.48. The molecule has 2 saturated carbocycles. The molecular weight excluding hydrogens is 282 g/mol. The molecule has 2 aliphatic carbocycles. The summed E-state index contributed by atoms with van der Waals surface area (Å²) in [5.74, 6) is -1.74. The van der Waals surface area contributed by atoms with Crippen LogP contribution in [0.3, 0.4) is 0 Å². The Kier molecular flexibility index (Phi) is 2.86. The highest BCUT2D eigenvalue weighted by atomic mass is 16.7. The molecule has 2 amide bonds. The summed E-state index contributed by atoms with van der Waals surface area (Å²) in [6.45, 7) is 0. The second-order valence-electron chi connectivity index (χ2n) is 6.65. The molecule has 114 valence electrons. The molecule has 1 heterocycles. The Morgan fingerprint density at radius 3 is 2.32 bits per heavy atom. The predicted octanol–water partition coefficient (Wildman–Crippen LogP) is 2.71. The Balaban J connectivity index is 1.49. The average molecular weight is 299 g/mol. The Bertz CT molecular complexity index is 642. The summed E-state index contributed by atoms with van der Waals surface area (Å²) in [4.78, 5) is 41.9. The van der Waals surface area contributed by atoms with Crippen LogP contribution in [0.2, 0.25) is 0 Å². The maximum absolute atomic E-state index is 12.3. The van der Waals surface area contributed by atoms with E-state index in [2.05, 4.69) is 0 Å². The summed E-state index contributed by atoms with van der Waals surface area (Å²) < 4.78 is 0. The molecule has 0 aromatic heterocycles. The molecule has 0 N–H and O–H groups in total. The lowest BCUT2D eigenvalue weighted by molar-refractivity contribution is -0.175. The van der Waals surface area contributed by atoms with Gasteiger partial charge < -0.3 is 4.84 Å². The molecule has 1 aromatic carbocycles. The highest BCUT2D eigenvalue weighted by molar-refractivity contribution is 6.20. The second kappa shape index (κ2) is 4.66. The first-order chi connectivity index (χ1) is 10.6. The van der Waals surface area contributed by atoms with Gasteiger partial charge in [-0.2, -0.15) is 0 Å². The fourth-order valence-corrected chi connectivity index (χ4v) is 3.70. The minimum absolute atomic E-state index is 0.194. The van der Waals surface area contributed by atoms with Crippen molar-refractivity contribution in [2.75, 3.05) is 0 Å². The number of imide groups is 1. The maximum Gasteiger partial charge on any atom is 0.336 e. The van der Waals surface area contributed by atoms with Gasteiger partial charge in [0, 0.05) is 0 Å². The minimum atomic E-state index is -0.550. The lowest BCUT2D eigenvalue weighted by atomic mass is 9.79. The van der Waals surface area contributed by atoms with E-state index in [1.54, 1.807) is 24.3 Å². The van der Waals surface area contributed by atoms with Gasteiger partial charge in [0.15, 0.2) is 0 Å². The van der Waals surface area contributed by atoms with E-state index in [1.165, 1.54) is 19.3 Å². The first-order valence-corrected chi connectivity index (χ1v) is 7.79. The van der Waals surface area contributed by atoms with E-state index in [0.29, 0.717) is 21.6 Å². The van der Waals surface area contributed by atoms with Gasteiger partial charge in [0.2, 0.25) is 0 Å². The molecule has 22 heavy (non-hydrogen) atoms. The summed E-state index contributed by atoms with van der Waals surface area (Å²) in [5.41, 5.74) is 0.925. The molecule has 1 spiro atoms. The molecule has 1 aliphatic heterocycles. The third-order valence-corrected chi connectivity index (χ3v) is 5.17. The number of hydrogen-bond acceptors (Lipinski definition) is 4. The van der Waals surface area contributed by atoms with E-state index in [1.807, 2.05) is 0 Å². The van der Waals surface area contributed by atoms with E-state index in [-0.39, 0.29) is 5.92 Å². The van der Waals surface area contributed by atoms with Crippen LogP contribution in [0.5, 0.6) is 0 Å². The molecule has 1 unspecified atom stereocenters. The van der Waals surface area contributed by atoms with Crippen molar-refractivity contribution < 1.29 is 19.2 Å². The Hall–Kier alpha value is -2.17. The van der Waals surface area contributed by atoms with Crippen LogP contribution >= 0.6 is 0 Å². The van der Waals surface area contributed by atoms with Crippen molar-refractivity contribution in [3.8, 4) is 0 Å². The van der Waals surface area contributed by atoms with Gasteiger partial charge in [0.05, 0.1) is 17.0 Å². The molecule has 5 nitrogen and oxygen atoms in total. The van der Waals surface area contributed by atoms with Gasteiger partial charge in [-0.15, -0.1) is 0 Å². The molecule has 3 aliphatic rings. The fourth-order valence-electron chi connectivity index (χ4n) is 3.70. The van der Waals surface area contributed by atoms with E-state index >= 15 is 0 Å². The smallest absolute Gasteiger partial charge is 0.329 e. The molecular formula is C17H17NO4. The molecule has 4 rings (SSSR count). The third-order valence-electron chi connectivity index (χ3n) is 5.17. The van der Waals surface area contributed by atoms with Crippen LogP contribution in [-0.4, -0.2) is 22.8 Å². The maximum atomic E-state index is 12.3. The average Bonchev–Trinajstić information content (AvgIpc) is 3.24. The topological polar surface area (TPSA) is 63.7 Å². The lowest BCUT2D eigenvalue weighted by Gasteiger charge is -2.28. The molecule has 0 radical (unpaired) electrons. The van der Waals surface area contributed by atoms with Gasteiger partial charge >= 0.3 is 5.97 Å². The number of hydrogen-bond donors (Lipinski definition) is 0. The zero-order chi connectivity index (χ0) is 15.3. The summed E-state index contributed by atoms with van der Waals surface area (Å²) in [6.07, 6.45) is 6.18. The Labute approximate surface area is 128 Å². The largest absolute Gasteiger partial charge is 0.336 e. The SMILES string of the molecule is O=C(ON1C(=O)c2ccccc2C1=O)C1CCCC2(CC2)C1. The number of amides is 2. The van der Waals surface area contributed by atoms with Crippen molar-refractivity contribution in [1.82, 2.24) is 5.06 Å². The number of rotatable bonds is 2. The van der Waals surface area contributed by atoms with Crippen LogP contribution in [0.4, 0.5) is 0 Å². The van der Waals surface area contributed by atoms with Crippen molar-refractivity contribution in [2.45, 2.75) is 38.5 Å². The molecule has 1 aromatic rings. The van der Waals surface area contributed by atoms with Crippen molar-refractivity contribution in [3.63, 3.8) is 0 Å². The molecule has 0 bridgehead atoms. The number of carbonyl (C=O) groups is 3. The van der Waals surface area contributed by atoms with E-state index in [4.69, 9.17) is 4.84 Å². The number of carbonyl (C=O) groups excluding carboxylic acids is 3.